The lowest BCUT2D eigenvalue weighted by atomic mass is 10.1. The first-order chi connectivity index (χ1) is 14.0. The van der Waals surface area contributed by atoms with Crippen molar-refractivity contribution in [3.05, 3.63) is 41.4 Å². The molecule has 0 radical (unpaired) electrons. The van der Waals surface area contributed by atoms with E-state index in [0.717, 1.165) is 49.0 Å². The van der Waals surface area contributed by atoms with E-state index >= 15 is 0 Å². The summed E-state index contributed by atoms with van der Waals surface area (Å²) in [6, 6.07) is 2.12. The summed E-state index contributed by atoms with van der Waals surface area (Å²) in [5, 5.41) is 6.89. The van der Waals surface area contributed by atoms with Crippen LogP contribution in [0.5, 0.6) is 0 Å². The Morgan fingerprint density at radius 3 is 2.34 bits per heavy atom. The zero-order valence-corrected chi connectivity index (χ0v) is 16.8. The van der Waals surface area contributed by atoms with E-state index in [9.17, 15) is 4.79 Å². The Labute approximate surface area is 169 Å². The summed E-state index contributed by atoms with van der Waals surface area (Å²) in [5.41, 5.74) is 3.28. The Bertz CT molecular complexity index is 851. The molecule has 0 spiro atoms. The number of carbonyl (C=O) groups excluding carboxylic acids is 1. The van der Waals surface area contributed by atoms with E-state index in [-0.39, 0.29) is 12.4 Å². The van der Waals surface area contributed by atoms with Crippen molar-refractivity contribution in [2.24, 2.45) is 0 Å². The third-order valence-electron chi connectivity index (χ3n) is 5.22. The maximum atomic E-state index is 13.0. The molecule has 1 saturated carbocycles. The maximum Gasteiger partial charge on any atom is 0.290 e. The lowest BCUT2D eigenvalue weighted by Crippen LogP contribution is -2.36. The molecular weight excluding hydrogens is 372 g/mol. The molecule has 9 nitrogen and oxygen atoms in total. The van der Waals surface area contributed by atoms with Crippen molar-refractivity contribution in [2.45, 2.75) is 39.0 Å². The van der Waals surface area contributed by atoms with Crippen LogP contribution in [-0.4, -0.2) is 68.5 Å². The molecule has 2 fully saturated rings. The van der Waals surface area contributed by atoms with Gasteiger partial charge in [0, 0.05) is 43.9 Å². The minimum atomic E-state index is -0.250. The second kappa shape index (κ2) is 9.40. The molecule has 1 aliphatic carbocycles. The minimum Gasteiger partial charge on any atom is -0.483 e. The highest BCUT2D eigenvalue weighted by Gasteiger charge is 2.27. The van der Waals surface area contributed by atoms with Crippen LogP contribution in [0.4, 0.5) is 5.82 Å². The van der Waals surface area contributed by atoms with Crippen LogP contribution in [0, 0.1) is 13.8 Å². The number of aromatic nitrogens is 4. The quantitative estimate of drug-likeness (QED) is 0.779. The molecule has 29 heavy (non-hydrogen) atoms. The molecule has 0 unspecified atom stereocenters. The lowest BCUT2D eigenvalue weighted by molar-refractivity contribution is -0.122. The fourth-order valence-corrected chi connectivity index (χ4v) is 3.55. The molecule has 2 aromatic heterocycles. The van der Waals surface area contributed by atoms with Gasteiger partial charge in [0.25, 0.3) is 12.4 Å². The molecule has 2 aromatic rings. The predicted molar refractivity (Wildman–Crippen MR) is 107 cm³/mol. The smallest absolute Gasteiger partial charge is 0.290 e. The molecule has 0 aromatic carbocycles. The van der Waals surface area contributed by atoms with Crippen molar-refractivity contribution in [3.63, 3.8) is 0 Å². The number of rotatable bonds is 3. The van der Waals surface area contributed by atoms with Crippen LogP contribution in [0.25, 0.3) is 0 Å². The van der Waals surface area contributed by atoms with Gasteiger partial charge in [-0.15, -0.1) is 0 Å². The number of hydrogen-bond donors (Lipinski definition) is 1. The van der Waals surface area contributed by atoms with Crippen LogP contribution < -0.4 is 4.90 Å². The summed E-state index contributed by atoms with van der Waals surface area (Å²) >= 11 is 0. The Kier molecular flexibility index (Phi) is 6.69. The van der Waals surface area contributed by atoms with Crippen molar-refractivity contribution in [2.75, 3.05) is 31.1 Å². The second-order valence-electron chi connectivity index (χ2n) is 7.23. The standard InChI is InChI=1S/C19H24N6O.CH2O2/c1-13-18(14(2)21-11-20-13)19(26)25-7-3-6-24(8-9-25)17-10-16(15-4-5-15)22-12-23-17;2-1-3/h10-12,15H,3-9H2,1-2H3;1H,(H,2,3). The van der Waals surface area contributed by atoms with Gasteiger partial charge in [0.05, 0.1) is 17.0 Å². The summed E-state index contributed by atoms with van der Waals surface area (Å²) in [5.74, 6) is 1.63. The lowest BCUT2D eigenvalue weighted by Gasteiger charge is -2.23. The van der Waals surface area contributed by atoms with Crippen molar-refractivity contribution >= 4 is 18.2 Å². The SMILES string of the molecule is Cc1ncnc(C)c1C(=O)N1CCCN(c2cc(C3CC3)ncn2)CC1.O=CO. The molecule has 2 aliphatic rings. The van der Waals surface area contributed by atoms with Crippen LogP contribution in [0.1, 0.15) is 52.6 Å². The van der Waals surface area contributed by atoms with Gasteiger partial charge >= 0.3 is 0 Å². The zero-order valence-electron chi connectivity index (χ0n) is 16.8. The molecule has 1 saturated heterocycles. The molecule has 3 heterocycles. The molecule has 4 rings (SSSR count). The first-order valence-corrected chi connectivity index (χ1v) is 9.77. The second-order valence-corrected chi connectivity index (χ2v) is 7.23. The van der Waals surface area contributed by atoms with Crippen molar-refractivity contribution in [1.29, 1.82) is 0 Å². The van der Waals surface area contributed by atoms with Gasteiger partial charge in [0.15, 0.2) is 0 Å². The summed E-state index contributed by atoms with van der Waals surface area (Å²) in [6.07, 6.45) is 6.57. The Balaban J connectivity index is 0.000000755. The summed E-state index contributed by atoms with van der Waals surface area (Å²) in [7, 11) is 0. The minimum absolute atomic E-state index is 0.0313. The third-order valence-corrected chi connectivity index (χ3v) is 5.22. The topological polar surface area (TPSA) is 112 Å². The Morgan fingerprint density at radius 1 is 1.03 bits per heavy atom. The summed E-state index contributed by atoms with van der Waals surface area (Å²) in [6.45, 7) is 6.57. The predicted octanol–water partition coefficient (Wildman–Crippen LogP) is 1.81. The molecule has 1 aliphatic heterocycles. The maximum absolute atomic E-state index is 13.0. The van der Waals surface area contributed by atoms with E-state index in [4.69, 9.17) is 9.90 Å². The number of hydrogen-bond acceptors (Lipinski definition) is 7. The number of aryl methyl sites for hydroxylation is 2. The van der Waals surface area contributed by atoms with E-state index in [2.05, 4.69) is 30.9 Å². The van der Waals surface area contributed by atoms with E-state index in [1.807, 2.05) is 18.7 Å². The number of amides is 1. The third kappa shape index (κ3) is 5.04. The first kappa shape index (κ1) is 20.6. The highest BCUT2D eigenvalue weighted by atomic mass is 16.3. The first-order valence-electron chi connectivity index (χ1n) is 9.77. The van der Waals surface area contributed by atoms with Crippen LogP contribution in [-0.2, 0) is 4.79 Å². The molecule has 1 N–H and O–H groups in total. The largest absolute Gasteiger partial charge is 0.483 e. The Hall–Kier alpha value is -3.10. The molecular formula is C20H26N6O3. The van der Waals surface area contributed by atoms with E-state index < -0.39 is 0 Å². The van der Waals surface area contributed by atoms with Gasteiger partial charge in [-0.3, -0.25) is 9.59 Å². The fraction of sp³-hybridized carbons (Fsp3) is 0.500. The summed E-state index contributed by atoms with van der Waals surface area (Å²) in [4.78, 5) is 42.8. The number of carboxylic acid groups (broad SMARTS) is 1. The molecule has 0 bridgehead atoms. The monoisotopic (exact) mass is 398 g/mol. The van der Waals surface area contributed by atoms with Gasteiger partial charge in [-0.05, 0) is 33.1 Å². The van der Waals surface area contributed by atoms with Gasteiger partial charge in [0.2, 0.25) is 0 Å². The average Bonchev–Trinajstić information content (AvgIpc) is 3.55. The Morgan fingerprint density at radius 2 is 1.69 bits per heavy atom. The summed E-state index contributed by atoms with van der Waals surface area (Å²) < 4.78 is 0. The fourth-order valence-electron chi connectivity index (χ4n) is 3.55. The van der Waals surface area contributed by atoms with Crippen LogP contribution in [0.15, 0.2) is 18.7 Å². The van der Waals surface area contributed by atoms with Gasteiger partial charge in [-0.2, -0.15) is 0 Å². The van der Waals surface area contributed by atoms with E-state index in [0.29, 0.717) is 18.0 Å². The van der Waals surface area contributed by atoms with Crippen LogP contribution in [0.3, 0.4) is 0 Å². The highest BCUT2D eigenvalue weighted by Crippen LogP contribution is 2.39. The van der Waals surface area contributed by atoms with Gasteiger partial charge in [-0.25, -0.2) is 19.9 Å². The average molecular weight is 398 g/mol. The number of nitrogens with zero attached hydrogens (tertiary/aromatic N) is 6. The van der Waals surface area contributed by atoms with Crippen LogP contribution in [0.2, 0.25) is 0 Å². The van der Waals surface area contributed by atoms with Gasteiger partial charge < -0.3 is 14.9 Å². The van der Waals surface area contributed by atoms with Gasteiger partial charge in [-0.1, -0.05) is 0 Å². The van der Waals surface area contributed by atoms with Crippen molar-refractivity contribution < 1.29 is 14.7 Å². The van der Waals surface area contributed by atoms with Crippen LogP contribution >= 0.6 is 0 Å². The number of anilines is 1. The zero-order chi connectivity index (χ0) is 20.8. The number of carbonyl (C=O) groups is 2. The molecule has 0 atom stereocenters. The van der Waals surface area contributed by atoms with Crippen molar-refractivity contribution in [3.8, 4) is 0 Å². The van der Waals surface area contributed by atoms with E-state index in [1.54, 1.807) is 6.33 Å². The van der Waals surface area contributed by atoms with E-state index in [1.165, 1.54) is 19.2 Å². The van der Waals surface area contributed by atoms with Gasteiger partial charge in [0.1, 0.15) is 18.5 Å². The highest BCUT2D eigenvalue weighted by molar-refractivity contribution is 5.96. The molecule has 154 valence electrons. The normalized spacial score (nSPS) is 16.5. The molecule has 9 heteroatoms. The van der Waals surface area contributed by atoms with Crippen molar-refractivity contribution in [1.82, 2.24) is 24.8 Å². The molecule has 1 amide bonds.